The van der Waals surface area contributed by atoms with E-state index < -0.39 is 174 Å². The molecule has 14 rings (SSSR count). The van der Waals surface area contributed by atoms with E-state index in [-0.39, 0.29) is 111 Å². The fourth-order valence-corrected chi connectivity index (χ4v) is 14.4. The van der Waals surface area contributed by atoms with E-state index in [4.69, 9.17) is 74.4 Å². The van der Waals surface area contributed by atoms with Crippen LogP contribution in [-0.2, 0) is 47.7 Å². The number of Topliss-reactive ketones (excluding diaryl/α,β-unsaturated/α-hetero) is 3. The molecule has 0 aromatic heterocycles. The number of aliphatic hydroxyl groups is 20. The lowest BCUT2D eigenvalue weighted by atomic mass is 9.79. The highest BCUT2D eigenvalue weighted by molar-refractivity contribution is 6.03. The molecule has 0 bridgehead atoms. The van der Waals surface area contributed by atoms with Crippen LogP contribution in [0, 0.1) is 0 Å². The van der Waals surface area contributed by atoms with E-state index in [1.807, 2.05) is 0 Å². The third-order valence-electron chi connectivity index (χ3n) is 20.9. The minimum absolute atomic E-state index is 0.00296. The van der Waals surface area contributed by atoms with Crippen LogP contribution >= 0.6 is 0 Å². The molecule has 5 fully saturated rings. The van der Waals surface area contributed by atoms with Crippen molar-refractivity contribution in [1.82, 2.24) is 0 Å². The van der Waals surface area contributed by atoms with Gasteiger partial charge in [-0.15, -0.1) is 0 Å². The molecule has 6 aromatic carbocycles. The van der Waals surface area contributed by atoms with Crippen LogP contribution < -0.4 is 9.47 Å². The van der Waals surface area contributed by atoms with Gasteiger partial charge in [-0.05, 0) is 132 Å². The van der Waals surface area contributed by atoms with Gasteiger partial charge in [0.25, 0.3) is 0 Å². The smallest absolute Gasteiger partial charge is 0.229 e. The Balaban J connectivity index is 0.000000165. The van der Waals surface area contributed by atoms with Crippen molar-refractivity contribution in [3.05, 3.63) is 159 Å². The summed E-state index contributed by atoms with van der Waals surface area (Å²) in [5, 5.41) is 259. The first-order valence-corrected chi connectivity index (χ1v) is 36.3. The van der Waals surface area contributed by atoms with Gasteiger partial charge >= 0.3 is 0 Å². The first kappa shape index (κ1) is 88.8. The molecule has 27 N–H and O–H groups in total. The number of carbonyl (C=O) groups excluding carboxylic acids is 3. The number of aromatic hydroxyl groups is 7. The standard InChI is InChI=1S/C27H32O14.C22H24O9.C16H14O4.C6H12O6.C6H12O5/c28-9-17-19(32)21(34)24(40-26-23(36)20(33)22(35)25(37)41-26)27(39-17)38-14-6-12-5-11(10-1-3-13(29)4-2-10)7-15(30)18(12)16(31)8-14;23-9-17-19(27)20(28)21(29)22(31-17)30-14-6-12-5-11(10-1-3-13(24)4-2-10)7-15(25)18(12)16(26)8-14;17-12-3-1-9(2-4-12)10-5-11-6-13(18)8-15(20)16(11)14(19)7-10;7-1-2-3(8)4(9)5(10)6(11)12-2;1-2-3(7)4(8)5(9)6(10)11-2/h1-4,6,8,11,17,19-29,31-37H,5,7,9H2;1-4,6,8,11,17,19-24,26-29H,5,7,9H2;1-4,6,8,10,17-18,20H,5,7H2;2-11H,1H2;2-10H,1H3/t11?,17?,19-,20?,21+,22-,23-,24?,25-,26?,27-;11?,17-,19-,20+,21-,22-;;2-,3-,4+,5-,6-;2-,3-,4-,5-,6-/m11.11/s1. The second-order valence-electron chi connectivity index (χ2n) is 28.8. The maximum absolute atomic E-state index is 12.9. The average molecular weight is 1630 g/mol. The quantitative estimate of drug-likeness (QED) is 0.0549. The van der Waals surface area contributed by atoms with Crippen LogP contribution in [0.25, 0.3) is 0 Å². The summed E-state index contributed by atoms with van der Waals surface area (Å²) in [5.74, 6) is -1.44. The zero-order valence-electron chi connectivity index (χ0n) is 61.0. The first-order chi connectivity index (χ1) is 54.4. The molecule has 0 amide bonds. The van der Waals surface area contributed by atoms with Crippen LogP contribution in [0.15, 0.2) is 109 Å². The highest BCUT2D eigenvalue weighted by atomic mass is 16.8. The van der Waals surface area contributed by atoms with Crippen LogP contribution in [-0.4, -0.2) is 329 Å². The van der Waals surface area contributed by atoms with Crippen molar-refractivity contribution in [1.29, 1.82) is 0 Å². The number of hydrogen-bond donors (Lipinski definition) is 27. The van der Waals surface area contributed by atoms with E-state index >= 15 is 0 Å². The van der Waals surface area contributed by atoms with E-state index in [1.54, 1.807) is 66.7 Å². The molecular weight excluding hydrogens is 1530 g/mol. The Bertz CT molecular complexity index is 4230. The lowest BCUT2D eigenvalue weighted by molar-refractivity contribution is -0.378. The van der Waals surface area contributed by atoms with Gasteiger partial charge in [0.05, 0.1) is 42.6 Å². The molecule has 3 aliphatic carbocycles. The van der Waals surface area contributed by atoms with Crippen LogP contribution in [0.2, 0.25) is 0 Å². The Morgan fingerprint density at radius 2 is 0.635 bits per heavy atom. The van der Waals surface area contributed by atoms with Crippen LogP contribution in [0.1, 0.15) is 108 Å². The maximum atomic E-state index is 12.9. The van der Waals surface area contributed by atoms with Gasteiger partial charge in [-0.1, -0.05) is 36.4 Å². The number of rotatable bonds is 12. The number of benzene rings is 6. The van der Waals surface area contributed by atoms with Gasteiger partial charge in [-0.25, -0.2) is 0 Å². The molecule has 5 aliphatic heterocycles. The van der Waals surface area contributed by atoms with E-state index in [0.29, 0.717) is 47.9 Å². The lowest BCUT2D eigenvalue weighted by Crippen LogP contribution is -2.64. The van der Waals surface area contributed by atoms with Gasteiger partial charge < -0.3 is 176 Å². The Morgan fingerprint density at radius 3 is 1.05 bits per heavy atom. The van der Waals surface area contributed by atoms with Gasteiger partial charge in [-0.3, -0.25) is 14.4 Å². The van der Waals surface area contributed by atoms with Crippen molar-refractivity contribution in [2.75, 3.05) is 19.8 Å². The summed E-state index contributed by atoms with van der Waals surface area (Å²) < 4.78 is 42.2. The Hall–Kier alpha value is -8.51. The highest BCUT2D eigenvalue weighted by Crippen LogP contribution is 2.44. The fraction of sp³-hybridized carbons (Fsp3) is 0.494. The summed E-state index contributed by atoms with van der Waals surface area (Å²) in [4.78, 5) is 37.8. The molecule has 38 heteroatoms. The van der Waals surface area contributed by atoms with Crippen molar-refractivity contribution < 1.29 is 190 Å². The summed E-state index contributed by atoms with van der Waals surface area (Å²) in [6.07, 6.45) is -35.7. The number of phenolic OH excluding ortho intramolecular Hbond substituents is 7. The van der Waals surface area contributed by atoms with Gasteiger partial charge in [-0.2, -0.15) is 0 Å². The molecule has 7 unspecified atom stereocenters. The van der Waals surface area contributed by atoms with E-state index in [2.05, 4.69) is 9.47 Å². The average Bonchev–Trinajstić information content (AvgIpc) is 0.774. The lowest BCUT2D eigenvalue weighted by Gasteiger charge is -2.45. The third-order valence-corrected chi connectivity index (χ3v) is 20.9. The molecule has 6 aromatic rings. The monoisotopic (exact) mass is 1630 g/mol. The Morgan fingerprint density at radius 1 is 0.313 bits per heavy atom. The van der Waals surface area contributed by atoms with Crippen molar-refractivity contribution >= 4 is 17.3 Å². The number of hydrogen-bond acceptors (Lipinski definition) is 38. The van der Waals surface area contributed by atoms with Gasteiger partial charge in [0.15, 0.2) is 48.6 Å². The summed E-state index contributed by atoms with van der Waals surface area (Å²) in [5.41, 5.74) is 4.95. The molecular formula is C77H94O38. The summed E-state index contributed by atoms with van der Waals surface area (Å²) >= 11 is 0. The van der Waals surface area contributed by atoms with E-state index in [9.17, 15) is 106 Å². The van der Waals surface area contributed by atoms with Gasteiger partial charge in [0.2, 0.25) is 12.6 Å². The molecule has 0 saturated carbocycles. The van der Waals surface area contributed by atoms with Crippen molar-refractivity contribution in [3.63, 3.8) is 0 Å². The van der Waals surface area contributed by atoms with E-state index in [1.165, 1.54) is 43.3 Å². The van der Waals surface area contributed by atoms with Crippen molar-refractivity contribution in [2.24, 2.45) is 0 Å². The maximum Gasteiger partial charge on any atom is 0.229 e. The highest BCUT2D eigenvalue weighted by Gasteiger charge is 2.53. The zero-order valence-corrected chi connectivity index (χ0v) is 61.0. The van der Waals surface area contributed by atoms with Crippen molar-refractivity contribution in [2.45, 2.75) is 217 Å². The van der Waals surface area contributed by atoms with E-state index in [0.717, 1.165) is 22.8 Å². The van der Waals surface area contributed by atoms with Crippen LogP contribution in [0.3, 0.4) is 0 Å². The summed E-state index contributed by atoms with van der Waals surface area (Å²) in [6, 6.07) is 27.9. The Kier molecular flexibility index (Phi) is 29.6. The predicted molar refractivity (Wildman–Crippen MR) is 384 cm³/mol. The molecule has 0 spiro atoms. The summed E-state index contributed by atoms with van der Waals surface area (Å²) in [7, 11) is 0. The molecule has 28 atom stereocenters. The number of ether oxygens (including phenoxy) is 8. The molecule has 5 saturated heterocycles. The van der Waals surface area contributed by atoms with Crippen molar-refractivity contribution in [3.8, 4) is 51.7 Å². The zero-order chi connectivity index (χ0) is 84.0. The molecule has 0 radical (unpaired) electrons. The summed E-state index contributed by atoms with van der Waals surface area (Å²) in [6.45, 7) is -0.344. The number of ketones is 3. The second-order valence-corrected chi connectivity index (χ2v) is 28.8. The normalized spacial score (nSPS) is 34.9. The predicted octanol–water partition coefficient (Wildman–Crippen LogP) is -4.54. The third kappa shape index (κ3) is 20.4. The SMILES string of the molecule is C[C@H]1O[C@@H](O)[C@H](O)[C@H](O)[C@@H]1O.O=C1CC(c2ccc(O)cc2)Cc2cc(O)cc(O)c21.O=C1CC(c2ccc(O)cc2)Cc2cc(O[C@@H]3OC(CO)[C@@H](O)[C@H](O)C3OC3O[C@@H](O)[C@H](O)C(O)[C@H]3O)cc(O)c21.O=C1CC(c2ccc(O)cc2)Cc2cc(O[C@@H]3O[C@H](CO)[C@@H](O)[C@H](O)[C@H]3O)cc(O)c21.OC[C@H]1O[C@@H](O)[C@H](O)[C@@H](O)[C@@H]1O. The largest absolute Gasteiger partial charge is 0.508 e. The number of aliphatic hydroxyl groups excluding tert-OH is 20. The molecule has 115 heavy (non-hydrogen) atoms. The topological polar surface area (TPSA) is 671 Å². The minimum Gasteiger partial charge on any atom is -0.508 e. The van der Waals surface area contributed by atoms with Gasteiger partial charge in [0.1, 0.15) is 156 Å². The number of phenols is 7. The minimum atomic E-state index is -1.95. The van der Waals surface area contributed by atoms with Crippen LogP contribution in [0.5, 0.6) is 51.7 Å². The molecule has 630 valence electrons. The fourth-order valence-electron chi connectivity index (χ4n) is 14.4. The second kappa shape index (κ2) is 38.3. The molecule has 8 aliphatic rings. The Labute approximate surface area is 652 Å². The van der Waals surface area contributed by atoms with Gasteiger partial charge in [0, 0.05) is 37.5 Å². The first-order valence-electron chi connectivity index (χ1n) is 36.3. The molecule has 38 nitrogen and oxygen atoms in total. The number of fused-ring (bicyclic) bond motifs is 3. The van der Waals surface area contributed by atoms with Crippen LogP contribution in [0.4, 0.5) is 0 Å². The molecule has 5 heterocycles. The number of carbonyl (C=O) groups is 3.